The van der Waals surface area contributed by atoms with E-state index in [4.69, 9.17) is 17.0 Å². The second-order valence-corrected chi connectivity index (χ2v) is 13.8. The Morgan fingerprint density at radius 2 is 1.71 bits per heavy atom. The Hall–Kier alpha value is -4.53. The van der Waals surface area contributed by atoms with Gasteiger partial charge in [-0.15, -0.1) is 0 Å². The number of halogens is 3. The highest BCUT2D eigenvalue weighted by Gasteiger charge is 2.48. The molecule has 0 bridgehead atoms. The van der Waals surface area contributed by atoms with Gasteiger partial charge in [0.2, 0.25) is 16.4 Å². The summed E-state index contributed by atoms with van der Waals surface area (Å²) in [5, 5.41) is -0.0397. The number of esters is 1. The quantitative estimate of drug-likeness (QED) is 0.106. The molecule has 3 aromatic carbocycles. The van der Waals surface area contributed by atoms with Crippen molar-refractivity contribution in [3.8, 4) is 0 Å². The lowest BCUT2D eigenvalue weighted by Crippen LogP contribution is -2.45. The lowest BCUT2D eigenvalue weighted by Gasteiger charge is -2.40. The van der Waals surface area contributed by atoms with Gasteiger partial charge in [0, 0.05) is 12.7 Å². The maximum absolute atomic E-state index is 14.2. The maximum atomic E-state index is 14.2. The van der Waals surface area contributed by atoms with Crippen LogP contribution in [0, 0.1) is 12.8 Å². The average Bonchev–Trinajstić information content (AvgIpc) is 3.58. The number of carbonyl (C=O) groups excluding carboxylic acids is 2. The number of hydrogen-bond acceptors (Lipinski definition) is 6. The molecule has 1 aliphatic heterocycles. The molecule has 0 radical (unpaired) electrons. The smallest absolute Gasteiger partial charge is 0.391 e. The molecule has 0 aliphatic carbocycles. The van der Waals surface area contributed by atoms with Crippen LogP contribution < -0.4 is 9.80 Å². The summed E-state index contributed by atoms with van der Waals surface area (Å²) < 4.78 is 77.1. The number of alkyl halides is 3. The van der Waals surface area contributed by atoms with E-state index < -0.39 is 40.5 Å². The van der Waals surface area contributed by atoms with E-state index in [0.717, 1.165) is 9.87 Å². The van der Waals surface area contributed by atoms with Gasteiger partial charge in [-0.3, -0.25) is 9.69 Å². The second-order valence-electron chi connectivity index (χ2n) is 11.5. The number of para-hydroxylation sites is 1. The van der Waals surface area contributed by atoms with E-state index in [2.05, 4.69) is 4.98 Å². The number of anilines is 2. The number of piperidine rings is 1. The van der Waals surface area contributed by atoms with Crippen molar-refractivity contribution in [2.45, 2.75) is 50.3 Å². The Kier molecular flexibility index (Phi) is 10.9. The first-order valence-electron chi connectivity index (χ1n) is 15.5. The third-order valence-corrected chi connectivity index (χ3v) is 10.8. The van der Waals surface area contributed by atoms with Crippen LogP contribution in [0.25, 0.3) is 0 Å². The van der Waals surface area contributed by atoms with E-state index in [1.54, 1.807) is 79.7 Å². The minimum Gasteiger partial charge on any atom is -0.461 e. The summed E-state index contributed by atoms with van der Waals surface area (Å²) in [6, 6.07) is 21.7. The van der Waals surface area contributed by atoms with Crippen molar-refractivity contribution < 1.29 is 35.9 Å². The van der Waals surface area contributed by atoms with Crippen molar-refractivity contribution in [2.24, 2.45) is 5.92 Å². The van der Waals surface area contributed by atoms with Crippen molar-refractivity contribution in [1.82, 2.24) is 9.29 Å². The van der Waals surface area contributed by atoms with Gasteiger partial charge in [-0.2, -0.15) is 17.5 Å². The number of ether oxygens (including phenoxy) is 1. The number of amides is 1. The summed E-state index contributed by atoms with van der Waals surface area (Å²) in [4.78, 5) is 31.0. The number of nitrogens with one attached hydrogen (secondary N) is 1. The highest BCUT2D eigenvalue weighted by atomic mass is 32.2. The Bertz CT molecular complexity index is 1900. The van der Waals surface area contributed by atoms with Gasteiger partial charge < -0.3 is 14.6 Å². The summed E-state index contributed by atoms with van der Waals surface area (Å²) in [5.74, 6) is -2.42. The molecule has 0 saturated carbocycles. The number of hydrogen-bond donors (Lipinski definition) is 1. The van der Waals surface area contributed by atoms with Gasteiger partial charge >= 0.3 is 12.1 Å². The van der Waals surface area contributed by atoms with E-state index in [1.165, 1.54) is 28.1 Å². The highest BCUT2D eigenvalue weighted by Crippen LogP contribution is 2.45. The Morgan fingerprint density at radius 3 is 2.37 bits per heavy atom. The minimum absolute atomic E-state index is 0.0234. The number of nitrogens with zero attached hydrogens (tertiary/aromatic N) is 3. The standard InChI is InChI=1S/C35H35F3N4O5S2/c1-3-47-33(44)32-30(17-19-39-32)40(34(48)41(23-43)27-10-5-4-6-11-27)22-25-9-7-8-12-29(25)31-21-26(35(36,37)38)18-20-42(31)49(45,46)28-15-13-24(2)14-16-28/h4-17,19,23,26,31,39H,3,18,20-22H2,1-2H3. The number of carbonyl (C=O) groups is 2. The first-order chi connectivity index (χ1) is 23.4. The molecule has 4 aromatic rings. The summed E-state index contributed by atoms with van der Waals surface area (Å²) in [6.07, 6.45) is -3.40. The molecule has 1 amide bonds. The van der Waals surface area contributed by atoms with Crippen molar-refractivity contribution in [1.29, 1.82) is 0 Å². The molecule has 1 fully saturated rings. The van der Waals surface area contributed by atoms with Crippen molar-refractivity contribution in [3.05, 3.63) is 114 Å². The topological polar surface area (TPSA) is 103 Å². The Labute approximate surface area is 288 Å². The van der Waals surface area contributed by atoms with Crippen LogP contribution in [0.2, 0.25) is 0 Å². The van der Waals surface area contributed by atoms with Crippen LogP contribution in [-0.4, -0.2) is 54.5 Å². The summed E-state index contributed by atoms with van der Waals surface area (Å²) in [7, 11) is -4.22. The van der Waals surface area contributed by atoms with Crippen molar-refractivity contribution in [3.63, 3.8) is 0 Å². The zero-order valence-corrected chi connectivity index (χ0v) is 28.4. The Balaban J connectivity index is 1.63. The van der Waals surface area contributed by atoms with Gasteiger partial charge in [0.1, 0.15) is 5.69 Å². The second kappa shape index (κ2) is 14.9. The molecule has 2 atom stereocenters. The number of benzene rings is 3. The maximum Gasteiger partial charge on any atom is 0.391 e. The van der Waals surface area contributed by atoms with E-state index in [9.17, 15) is 31.2 Å². The van der Waals surface area contributed by atoms with Gasteiger partial charge in [0.25, 0.3) is 0 Å². The van der Waals surface area contributed by atoms with Gasteiger partial charge in [0.05, 0.1) is 41.4 Å². The fraction of sp³-hybridized carbons (Fsp3) is 0.286. The molecule has 1 saturated heterocycles. The molecule has 1 N–H and O–H groups in total. The van der Waals surface area contributed by atoms with Crippen LogP contribution in [0.4, 0.5) is 24.5 Å². The predicted octanol–water partition coefficient (Wildman–Crippen LogP) is 7.16. The first kappa shape index (κ1) is 35.8. The zero-order chi connectivity index (χ0) is 35.3. The van der Waals surface area contributed by atoms with Crippen molar-refractivity contribution >= 4 is 51.1 Å². The van der Waals surface area contributed by atoms with E-state index in [1.807, 2.05) is 6.92 Å². The van der Waals surface area contributed by atoms with Gasteiger partial charge in [-0.25, -0.2) is 13.2 Å². The molecular weight excluding hydrogens is 678 g/mol. The van der Waals surface area contributed by atoms with Crippen LogP contribution in [0.3, 0.4) is 0 Å². The molecule has 1 aromatic heterocycles. The molecule has 2 heterocycles. The number of aromatic amines is 1. The first-order valence-corrected chi connectivity index (χ1v) is 17.4. The monoisotopic (exact) mass is 712 g/mol. The molecule has 1 aliphatic rings. The normalized spacial score (nSPS) is 16.9. The van der Waals surface area contributed by atoms with Gasteiger partial charge in [-0.1, -0.05) is 60.2 Å². The number of sulfonamides is 1. The van der Waals surface area contributed by atoms with Crippen LogP contribution in [-0.2, 0) is 26.1 Å². The fourth-order valence-corrected chi connectivity index (χ4v) is 7.92. The van der Waals surface area contributed by atoms with Gasteiger partial charge in [-0.05, 0) is 80.4 Å². The fourth-order valence-electron chi connectivity index (χ4n) is 5.97. The number of H-pyrrole nitrogens is 1. The molecule has 49 heavy (non-hydrogen) atoms. The Morgan fingerprint density at radius 1 is 1.04 bits per heavy atom. The van der Waals surface area contributed by atoms with Gasteiger partial charge in [0.15, 0.2) is 5.11 Å². The van der Waals surface area contributed by atoms with Crippen LogP contribution in [0.1, 0.15) is 53.0 Å². The summed E-state index contributed by atoms with van der Waals surface area (Å²) >= 11 is 5.86. The van der Waals surface area contributed by atoms with Crippen molar-refractivity contribution in [2.75, 3.05) is 23.0 Å². The number of aromatic nitrogens is 1. The van der Waals surface area contributed by atoms with E-state index in [-0.39, 0.29) is 47.5 Å². The zero-order valence-electron chi connectivity index (χ0n) is 26.8. The predicted molar refractivity (Wildman–Crippen MR) is 184 cm³/mol. The molecule has 14 heteroatoms. The summed E-state index contributed by atoms with van der Waals surface area (Å²) in [5.41, 5.74) is 2.34. The third kappa shape index (κ3) is 7.71. The molecule has 5 rings (SSSR count). The SMILES string of the molecule is CCOC(=O)c1[nH]ccc1N(Cc1ccccc1C1CC(C(F)(F)F)CCN1S(=O)(=O)c1ccc(C)cc1)C(=S)N(C=O)c1ccccc1. The summed E-state index contributed by atoms with van der Waals surface area (Å²) in [6.45, 7) is 3.06. The number of aryl methyl sites for hydroxylation is 1. The lowest BCUT2D eigenvalue weighted by molar-refractivity contribution is -0.187. The molecule has 2 unspecified atom stereocenters. The molecule has 0 spiro atoms. The van der Waals surface area contributed by atoms with Crippen LogP contribution >= 0.6 is 12.2 Å². The third-order valence-electron chi connectivity index (χ3n) is 8.46. The lowest BCUT2D eigenvalue weighted by atomic mass is 9.86. The highest BCUT2D eigenvalue weighted by molar-refractivity contribution is 7.89. The molecule has 9 nitrogen and oxygen atoms in total. The van der Waals surface area contributed by atoms with E-state index >= 15 is 0 Å². The molecular formula is C35H35F3N4O5S2. The van der Waals surface area contributed by atoms with Crippen LogP contribution in [0.5, 0.6) is 0 Å². The molecule has 258 valence electrons. The van der Waals surface area contributed by atoms with E-state index in [0.29, 0.717) is 23.2 Å². The minimum atomic E-state index is -4.54. The number of thiocarbonyl (C=S) groups is 1. The number of rotatable bonds is 10. The van der Waals surface area contributed by atoms with Crippen LogP contribution in [0.15, 0.2) is 96.0 Å². The largest absolute Gasteiger partial charge is 0.461 e. The average molecular weight is 713 g/mol.